The Balaban J connectivity index is 2.59. The number of ether oxygens (including phenoxy) is 2. The highest BCUT2D eigenvalue weighted by molar-refractivity contribution is 5.82. The van der Waals surface area contributed by atoms with Crippen molar-refractivity contribution in [3.8, 4) is 11.5 Å². The van der Waals surface area contributed by atoms with Gasteiger partial charge in [-0.25, -0.2) is 0 Å². The lowest BCUT2D eigenvalue weighted by Crippen LogP contribution is -2.38. The summed E-state index contributed by atoms with van der Waals surface area (Å²) in [4.78, 5) is 23.6. The Bertz CT molecular complexity index is 486. The summed E-state index contributed by atoms with van der Waals surface area (Å²) in [5.41, 5.74) is 0.898. The average Bonchev–Trinajstić information content (AvgIpc) is 2.42. The normalized spacial score (nSPS) is 9.95. The molecule has 0 saturated carbocycles. The van der Waals surface area contributed by atoms with Crippen LogP contribution in [0.3, 0.4) is 0 Å². The summed E-state index contributed by atoms with van der Waals surface area (Å²) in [7, 11) is 1.58. The molecule has 1 N–H and O–H groups in total. The van der Waals surface area contributed by atoms with Crippen molar-refractivity contribution in [2.75, 3.05) is 26.8 Å². The number of carboxylic acid groups (broad SMARTS) is 1. The summed E-state index contributed by atoms with van der Waals surface area (Å²) in [6, 6.07) is 5.22. The lowest BCUT2D eigenvalue weighted by Gasteiger charge is -2.18. The first-order chi connectivity index (χ1) is 9.47. The van der Waals surface area contributed by atoms with Crippen molar-refractivity contribution in [1.82, 2.24) is 4.90 Å². The molecule has 0 spiro atoms. The van der Waals surface area contributed by atoms with Crippen molar-refractivity contribution in [3.05, 3.63) is 23.8 Å². The molecule has 0 bridgehead atoms. The molecule has 110 valence electrons. The van der Waals surface area contributed by atoms with E-state index in [1.807, 2.05) is 6.92 Å². The highest BCUT2D eigenvalue weighted by Gasteiger charge is 2.15. The second-order valence-electron chi connectivity index (χ2n) is 4.22. The minimum atomic E-state index is -1.04. The number of nitrogens with zero attached hydrogens (tertiary/aromatic N) is 1. The van der Waals surface area contributed by atoms with Crippen LogP contribution in [0, 0.1) is 6.92 Å². The molecule has 0 aromatic heterocycles. The third-order valence-corrected chi connectivity index (χ3v) is 2.79. The van der Waals surface area contributed by atoms with Crippen LogP contribution in [0.2, 0.25) is 0 Å². The summed E-state index contributed by atoms with van der Waals surface area (Å²) >= 11 is 0. The molecule has 0 atom stereocenters. The Morgan fingerprint density at radius 3 is 2.55 bits per heavy atom. The van der Waals surface area contributed by atoms with Gasteiger partial charge >= 0.3 is 5.97 Å². The molecule has 0 heterocycles. The van der Waals surface area contributed by atoms with E-state index >= 15 is 0 Å². The number of rotatable bonds is 7. The Hall–Kier alpha value is -2.24. The number of likely N-dealkylation sites (N-methyl/N-ethyl adjacent to an activating group) is 1. The molecule has 1 aromatic rings. The maximum absolute atomic E-state index is 11.8. The van der Waals surface area contributed by atoms with Crippen molar-refractivity contribution < 1.29 is 24.2 Å². The molecule has 0 aliphatic rings. The number of benzene rings is 1. The lowest BCUT2D eigenvalue weighted by molar-refractivity contribution is -0.145. The molecule has 6 nitrogen and oxygen atoms in total. The largest absolute Gasteiger partial charge is 0.496 e. The average molecular weight is 281 g/mol. The minimum Gasteiger partial charge on any atom is -0.496 e. The van der Waals surface area contributed by atoms with Gasteiger partial charge in [-0.05, 0) is 37.6 Å². The van der Waals surface area contributed by atoms with Gasteiger partial charge in [0.15, 0.2) is 6.61 Å². The van der Waals surface area contributed by atoms with E-state index in [4.69, 9.17) is 14.6 Å². The Morgan fingerprint density at radius 2 is 2.05 bits per heavy atom. The number of hydrogen-bond donors (Lipinski definition) is 1. The van der Waals surface area contributed by atoms with Crippen molar-refractivity contribution in [2.45, 2.75) is 13.8 Å². The molecule has 0 aliphatic heterocycles. The number of carboxylic acids is 1. The minimum absolute atomic E-state index is 0.188. The van der Waals surface area contributed by atoms with Crippen molar-refractivity contribution >= 4 is 11.9 Å². The van der Waals surface area contributed by atoms with Crippen LogP contribution in [-0.2, 0) is 9.59 Å². The molecule has 0 unspecified atom stereocenters. The second-order valence-corrected chi connectivity index (χ2v) is 4.22. The number of carbonyl (C=O) groups is 2. The van der Waals surface area contributed by atoms with Crippen molar-refractivity contribution in [2.24, 2.45) is 0 Å². The molecule has 20 heavy (non-hydrogen) atoms. The number of aryl methyl sites for hydroxylation is 1. The van der Waals surface area contributed by atoms with Gasteiger partial charge in [-0.2, -0.15) is 0 Å². The van der Waals surface area contributed by atoms with Crippen LogP contribution in [0.4, 0.5) is 0 Å². The van der Waals surface area contributed by atoms with E-state index in [9.17, 15) is 9.59 Å². The van der Waals surface area contributed by atoms with E-state index in [2.05, 4.69) is 0 Å². The van der Waals surface area contributed by atoms with Crippen LogP contribution in [0.15, 0.2) is 18.2 Å². The van der Waals surface area contributed by atoms with E-state index in [0.29, 0.717) is 12.3 Å². The monoisotopic (exact) mass is 281 g/mol. The molecule has 0 saturated heterocycles. The molecule has 0 radical (unpaired) electrons. The first kappa shape index (κ1) is 15.8. The van der Waals surface area contributed by atoms with Gasteiger partial charge < -0.3 is 19.5 Å². The Labute approximate surface area is 117 Å². The molecular formula is C14H19NO5. The van der Waals surface area contributed by atoms with E-state index in [1.54, 1.807) is 32.2 Å². The predicted octanol–water partition coefficient (Wildman–Crippen LogP) is 1.32. The van der Waals surface area contributed by atoms with Crippen LogP contribution in [0.5, 0.6) is 11.5 Å². The molecule has 1 rings (SSSR count). The lowest BCUT2D eigenvalue weighted by atomic mass is 10.2. The fraction of sp³-hybridized carbons (Fsp3) is 0.429. The molecule has 1 aromatic carbocycles. The fourth-order valence-corrected chi connectivity index (χ4v) is 1.72. The summed E-state index contributed by atoms with van der Waals surface area (Å²) in [6.07, 6.45) is 0. The number of hydrogen-bond acceptors (Lipinski definition) is 4. The highest BCUT2D eigenvalue weighted by Crippen LogP contribution is 2.22. The summed E-state index contributed by atoms with van der Waals surface area (Å²) in [5, 5.41) is 8.69. The summed E-state index contributed by atoms with van der Waals surface area (Å²) in [5.74, 6) is -0.114. The molecular weight excluding hydrogens is 262 g/mol. The number of aliphatic carboxylic acids is 1. The highest BCUT2D eigenvalue weighted by atomic mass is 16.5. The summed E-state index contributed by atoms with van der Waals surface area (Å²) < 4.78 is 10.5. The quantitative estimate of drug-likeness (QED) is 0.815. The smallest absolute Gasteiger partial charge is 0.323 e. The number of carbonyl (C=O) groups excluding carboxylic acids is 1. The number of amides is 1. The third-order valence-electron chi connectivity index (χ3n) is 2.79. The van der Waals surface area contributed by atoms with Gasteiger partial charge in [0.25, 0.3) is 5.91 Å². The third kappa shape index (κ3) is 4.46. The molecule has 6 heteroatoms. The molecule has 0 aliphatic carbocycles. The van der Waals surface area contributed by atoms with Gasteiger partial charge in [-0.3, -0.25) is 9.59 Å². The van der Waals surface area contributed by atoms with Gasteiger partial charge in [-0.15, -0.1) is 0 Å². The van der Waals surface area contributed by atoms with E-state index in [-0.39, 0.29) is 19.1 Å². The van der Waals surface area contributed by atoms with Gasteiger partial charge in [-0.1, -0.05) is 0 Å². The predicted molar refractivity (Wildman–Crippen MR) is 73.1 cm³/mol. The topological polar surface area (TPSA) is 76.1 Å². The molecule has 0 fully saturated rings. The van der Waals surface area contributed by atoms with E-state index in [0.717, 1.165) is 11.3 Å². The maximum Gasteiger partial charge on any atom is 0.323 e. The zero-order valence-electron chi connectivity index (χ0n) is 11.9. The van der Waals surface area contributed by atoms with Gasteiger partial charge in [0.2, 0.25) is 0 Å². The fourth-order valence-electron chi connectivity index (χ4n) is 1.72. The summed E-state index contributed by atoms with van der Waals surface area (Å²) in [6.45, 7) is 3.41. The second kappa shape index (κ2) is 7.37. The van der Waals surface area contributed by atoms with Crippen LogP contribution in [-0.4, -0.2) is 48.7 Å². The molecule has 1 amide bonds. The van der Waals surface area contributed by atoms with Crippen molar-refractivity contribution in [3.63, 3.8) is 0 Å². The zero-order valence-corrected chi connectivity index (χ0v) is 11.9. The first-order valence-electron chi connectivity index (χ1n) is 6.25. The van der Waals surface area contributed by atoms with Gasteiger partial charge in [0, 0.05) is 6.54 Å². The Kier molecular flexibility index (Phi) is 5.83. The van der Waals surface area contributed by atoms with E-state index < -0.39 is 5.97 Å². The zero-order chi connectivity index (χ0) is 15.1. The van der Waals surface area contributed by atoms with Crippen LogP contribution >= 0.6 is 0 Å². The van der Waals surface area contributed by atoms with Crippen molar-refractivity contribution in [1.29, 1.82) is 0 Å². The van der Waals surface area contributed by atoms with Crippen LogP contribution in [0.25, 0.3) is 0 Å². The number of methoxy groups -OCH3 is 1. The van der Waals surface area contributed by atoms with E-state index in [1.165, 1.54) is 4.90 Å². The van der Waals surface area contributed by atoms with Gasteiger partial charge in [0.1, 0.15) is 18.0 Å². The Morgan fingerprint density at radius 1 is 1.35 bits per heavy atom. The van der Waals surface area contributed by atoms with Crippen LogP contribution in [0.1, 0.15) is 12.5 Å². The van der Waals surface area contributed by atoms with Gasteiger partial charge in [0.05, 0.1) is 7.11 Å². The van der Waals surface area contributed by atoms with Crippen LogP contribution < -0.4 is 9.47 Å². The maximum atomic E-state index is 11.8. The SMILES string of the molecule is CCN(CC(=O)O)C(=O)COc1ccc(OC)c(C)c1. The standard InChI is InChI=1S/C14H19NO5/c1-4-15(8-14(17)18)13(16)9-20-11-5-6-12(19-3)10(2)7-11/h5-7H,4,8-9H2,1-3H3,(H,17,18). The first-order valence-corrected chi connectivity index (χ1v) is 6.25.